The summed E-state index contributed by atoms with van der Waals surface area (Å²) in [5, 5.41) is 11.0. The quantitative estimate of drug-likeness (QED) is 0.423. The molecule has 2 aromatic carbocycles. The Morgan fingerprint density at radius 2 is 1.96 bits per heavy atom. The zero-order valence-electron chi connectivity index (χ0n) is 15.1. The first-order chi connectivity index (χ1) is 13.1. The largest absolute Gasteiger partial charge is 0.488 e. The lowest BCUT2D eigenvalue weighted by atomic mass is 10.1. The summed E-state index contributed by atoms with van der Waals surface area (Å²) in [5.74, 6) is -0.360. The van der Waals surface area contributed by atoms with Crippen LogP contribution in [-0.2, 0) is 16.1 Å². The molecule has 0 radical (unpaired) electrons. The molecule has 2 aromatic rings. The Kier molecular flexibility index (Phi) is 6.03. The molecule has 1 saturated heterocycles. The normalized spacial score (nSPS) is 19.6. The Morgan fingerprint density at radius 1 is 1.19 bits per heavy atom. The molecule has 0 aromatic heterocycles. The number of nitrogens with zero attached hydrogens (tertiary/aromatic N) is 2. The number of nitro benzene ring substituents is 1. The third-order valence-corrected chi connectivity index (χ3v) is 4.50. The van der Waals surface area contributed by atoms with Gasteiger partial charge in [-0.2, -0.15) is 0 Å². The van der Waals surface area contributed by atoms with E-state index in [4.69, 9.17) is 9.47 Å². The average Bonchev–Trinajstić information content (AvgIpc) is 3.05. The summed E-state index contributed by atoms with van der Waals surface area (Å²) in [6.07, 6.45) is -0.422. The summed E-state index contributed by atoms with van der Waals surface area (Å²) in [4.78, 5) is 25.0. The molecular weight excluding hydrogens is 348 g/mol. The molecule has 1 aliphatic rings. The van der Waals surface area contributed by atoms with Crippen molar-refractivity contribution in [3.63, 3.8) is 0 Å². The lowest BCUT2D eigenvalue weighted by Gasteiger charge is -2.19. The molecule has 0 saturated carbocycles. The van der Waals surface area contributed by atoms with E-state index in [0.717, 1.165) is 5.56 Å². The molecule has 142 valence electrons. The lowest BCUT2D eigenvalue weighted by molar-refractivity contribution is -0.384. The molecule has 0 aliphatic carbocycles. The first-order valence-corrected chi connectivity index (χ1v) is 8.91. The van der Waals surface area contributed by atoms with Gasteiger partial charge in [0.25, 0.3) is 5.69 Å². The molecule has 1 heterocycles. The topological polar surface area (TPSA) is 81.9 Å². The maximum absolute atomic E-state index is 12.4. The van der Waals surface area contributed by atoms with E-state index >= 15 is 0 Å². The highest BCUT2D eigenvalue weighted by Gasteiger charge is 2.40. The lowest BCUT2D eigenvalue weighted by Crippen LogP contribution is -2.33. The molecule has 0 N–H and O–H groups in total. The number of ether oxygens (including phenoxy) is 2. The Morgan fingerprint density at radius 3 is 2.67 bits per heavy atom. The van der Waals surface area contributed by atoms with Crippen LogP contribution in [-0.4, -0.2) is 41.6 Å². The summed E-state index contributed by atoms with van der Waals surface area (Å²) in [7, 11) is 0. The molecule has 1 fully saturated rings. The van der Waals surface area contributed by atoms with Gasteiger partial charge in [0.15, 0.2) is 0 Å². The predicted molar refractivity (Wildman–Crippen MR) is 99.4 cm³/mol. The number of hydrogen-bond donors (Lipinski definition) is 0. The number of hydrogen-bond acceptors (Lipinski definition) is 6. The second-order valence-corrected chi connectivity index (χ2v) is 6.45. The van der Waals surface area contributed by atoms with E-state index in [1.807, 2.05) is 30.3 Å². The van der Waals surface area contributed by atoms with Gasteiger partial charge in [-0.1, -0.05) is 36.4 Å². The van der Waals surface area contributed by atoms with Crippen molar-refractivity contribution in [2.45, 2.75) is 19.6 Å². The van der Waals surface area contributed by atoms with Crippen molar-refractivity contribution in [1.29, 1.82) is 0 Å². The van der Waals surface area contributed by atoms with E-state index in [2.05, 4.69) is 4.90 Å². The number of esters is 1. The Bertz CT molecular complexity index is 796. The van der Waals surface area contributed by atoms with Crippen molar-refractivity contribution < 1.29 is 19.2 Å². The number of rotatable bonds is 7. The highest BCUT2D eigenvalue weighted by molar-refractivity contribution is 5.74. The second kappa shape index (κ2) is 8.64. The van der Waals surface area contributed by atoms with E-state index in [-0.39, 0.29) is 11.7 Å². The van der Waals surface area contributed by atoms with Crippen molar-refractivity contribution in [3.05, 3.63) is 70.3 Å². The van der Waals surface area contributed by atoms with Crippen LogP contribution in [0.1, 0.15) is 12.5 Å². The van der Waals surface area contributed by atoms with E-state index in [1.165, 1.54) is 12.1 Å². The molecule has 2 atom stereocenters. The van der Waals surface area contributed by atoms with Crippen LogP contribution in [0.2, 0.25) is 0 Å². The summed E-state index contributed by atoms with van der Waals surface area (Å²) < 4.78 is 11.2. The van der Waals surface area contributed by atoms with Crippen LogP contribution in [0.5, 0.6) is 5.75 Å². The third-order valence-electron chi connectivity index (χ3n) is 4.50. The van der Waals surface area contributed by atoms with Gasteiger partial charge in [-0.3, -0.25) is 19.8 Å². The van der Waals surface area contributed by atoms with Crippen LogP contribution in [0.15, 0.2) is 54.6 Å². The molecule has 0 unspecified atom stereocenters. The summed E-state index contributed by atoms with van der Waals surface area (Å²) in [6.45, 7) is 3.84. The van der Waals surface area contributed by atoms with Gasteiger partial charge in [-0.05, 0) is 18.6 Å². The molecule has 27 heavy (non-hydrogen) atoms. The van der Waals surface area contributed by atoms with Crippen LogP contribution < -0.4 is 4.74 Å². The second-order valence-electron chi connectivity index (χ2n) is 6.45. The smallest absolute Gasteiger partial charge is 0.314 e. The summed E-state index contributed by atoms with van der Waals surface area (Å²) in [5.41, 5.74) is 1.11. The van der Waals surface area contributed by atoms with Gasteiger partial charge in [0.2, 0.25) is 0 Å². The molecular formula is C20H22N2O5. The highest BCUT2D eigenvalue weighted by atomic mass is 16.6. The third kappa shape index (κ3) is 4.83. The van der Waals surface area contributed by atoms with Crippen LogP contribution in [0, 0.1) is 16.0 Å². The fraction of sp³-hybridized carbons (Fsp3) is 0.350. The zero-order valence-corrected chi connectivity index (χ0v) is 15.1. The highest BCUT2D eigenvalue weighted by Crippen LogP contribution is 2.27. The Balaban J connectivity index is 1.74. The number of nitro groups is 1. The van der Waals surface area contributed by atoms with Crippen molar-refractivity contribution in [1.82, 2.24) is 4.90 Å². The van der Waals surface area contributed by atoms with Gasteiger partial charge in [0.05, 0.1) is 17.6 Å². The first-order valence-electron chi connectivity index (χ1n) is 8.91. The Labute approximate surface area is 157 Å². The van der Waals surface area contributed by atoms with Crippen LogP contribution >= 0.6 is 0 Å². The van der Waals surface area contributed by atoms with Gasteiger partial charge in [-0.25, -0.2) is 0 Å². The van der Waals surface area contributed by atoms with Crippen LogP contribution in [0.25, 0.3) is 0 Å². The van der Waals surface area contributed by atoms with E-state index in [0.29, 0.717) is 32.0 Å². The molecule has 0 amide bonds. The van der Waals surface area contributed by atoms with Gasteiger partial charge >= 0.3 is 5.97 Å². The fourth-order valence-corrected chi connectivity index (χ4v) is 3.26. The minimum Gasteiger partial charge on any atom is -0.488 e. The molecule has 3 rings (SSSR count). The molecule has 0 spiro atoms. The maximum Gasteiger partial charge on any atom is 0.314 e. The molecule has 7 nitrogen and oxygen atoms in total. The molecule has 1 aliphatic heterocycles. The van der Waals surface area contributed by atoms with E-state index in [1.54, 1.807) is 19.1 Å². The van der Waals surface area contributed by atoms with Crippen molar-refractivity contribution in [3.8, 4) is 5.75 Å². The summed E-state index contributed by atoms with van der Waals surface area (Å²) >= 11 is 0. The van der Waals surface area contributed by atoms with Crippen molar-refractivity contribution in [2.24, 2.45) is 5.92 Å². The standard InChI is InChI=1S/C20H22N2O5/c1-2-26-20(23)18-13-21(12-15-7-4-3-5-8-15)14-19(18)27-17-10-6-9-16(11-17)22(24)25/h3-11,18-19H,2,12-14H2,1H3/t18-,19-/m1/s1. The monoisotopic (exact) mass is 370 g/mol. The summed E-state index contributed by atoms with van der Waals surface area (Å²) in [6, 6.07) is 16.0. The number of carbonyl (C=O) groups excluding carboxylic acids is 1. The van der Waals surface area contributed by atoms with E-state index < -0.39 is 16.9 Å². The van der Waals surface area contributed by atoms with Crippen molar-refractivity contribution in [2.75, 3.05) is 19.7 Å². The van der Waals surface area contributed by atoms with Gasteiger partial charge in [0.1, 0.15) is 17.8 Å². The number of carbonyl (C=O) groups is 1. The van der Waals surface area contributed by atoms with Crippen LogP contribution in [0.4, 0.5) is 5.69 Å². The average molecular weight is 370 g/mol. The molecule has 7 heteroatoms. The number of likely N-dealkylation sites (tertiary alicyclic amines) is 1. The first kappa shape index (κ1) is 18.8. The predicted octanol–water partition coefficient (Wildman–Crippen LogP) is 3.04. The minimum atomic E-state index is -0.466. The Hall–Kier alpha value is -2.93. The minimum absolute atomic E-state index is 0.0423. The maximum atomic E-state index is 12.4. The molecule has 0 bridgehead atoms. The van der Waals surface area contributed by atoms with Crippen LogP contribution in [0.3, 0.4) is 0 Å². The number of benzene rings is 2. The van der Waals surface area contributed by atoms with Gasteiger partial charge in [0, 0.05) is 25.7 Å². The van der Waals surface area contributed by atoms with E-state index in [9.17, 15) is 14.9 Å². The van der Waals surface area contributed by atoms with Gasteiger partial charge in [-0.15, -0.1) is 0 Å². The zero-order chi connectivity index (χ0) is 19.2. The SMILES string of the molecule is CCOC(=O)[C@@H]1CN(Cc2ccccc2)C[C@H]1Oc1cccc([N+](=O)[O-])c1. The number of non-ortho nitro benzene ring substituents is 1. The van der Waals surface area contributed by atoms with Crippen molar-refractivity contribution >= 4 is 11.7 Å². The fourth-order valence-electron chi connectivity index (χ4n) is 3.26. The van der Waals surface area contributed by atoms with Gasteiger partial charge < -0.3 is 9.47 Å².